The molecule has 0 aromatic heterocycles. The molecule has 1 aromatic carbocycles. The standard InChI is InChI=1S/C13H12F2O5/c1-3-18-12(17)10(16)8-4-7(13(2,14)15)5-9-11(8)20-6-19-9/h4-5H,3,6H2,1-2H3. The second kappa shape index (κ2) is 5.07. The Bertz CT molecular complexity index is 563. The van der Waals surface area contributed by atoms with Crippen LogP contribution in [-0.2, 0) is 15.5 Å². The second-order valence-electron chi connectivity index (χ2n) is 4.20. The summed E-state index contributed by atoms with van der Waals surface area (Å²) < 4.78 is 41.4. The van der Waals surface area contributed by atoms with Crippen LogP contribution in [0.15, 0.2) is 12.1 Å². The lowest BCUT2D eigenvalue weighted by atomic mass is 10.0. The monoisotopic (exact) mass is 286 g/mol. The fourth-order valence-electron chi connectivity index (χ4n) is 1.74. The third-order valence-corrected chi connectivity index (χ3v) is 2.68. The van der Waals surface area contributed by atoms with Crippen molar-refractivity contribution in [3.8, 4) is 11.5 Å². The molecule has 2 rings (SSSR count). The van der Waals surface area contributed by atoms with E-state index in [9.17, 15) is 18.4 Å². The number of carbonyl (C=O) groups excluding carboxylic acids is 2. The zero-order valence-corrected chi connectivity index (χ0v) is 10.9. The first-order valence-corrected chi connectivity index (χ1v) is 5.88. The molecule has 1 aliphatic rings. The van der Waals surface area contributed by atoms with Crippen molar-refractivity contribution in [2.75, 3.05) is 13.4 Å². The summed E-state index contributed by atoms with van der Waals surface area (Å²) in [6, 6.07) is 2.01. The van der Waals surface area contributed by atoms with E-state index in [0.717, 1.165) is 12.1 Å². The number of alkyl halides is 2. The highest BCUT2D eigenvalue weighted by atomic mass is 19.3. The van der Waals surface area contributed by atoms with Crippen molar-refractivity contribution >= 4 is 11.8 Å². The van der Waals surface area contributed by atoms with Crippen LogP contribution in [0.3, 0.4) is 0 Å². The van der Waals surface area contributed by atoms with Gasteiger partial charge in [0.2, 0.25) is 6.79 Å². The minimum atomic E-state index is -3.18. The van der Waals surface area contributed by atoms with Crippen LogP contribution >= 0.6 is 0 Å². The summed E-state index contributed by atoms with van der Waals surface area (Å²) in [4.78, 5) is 23.4. The van der Waals surface area contributed by atoms with Crippen molar-refractivity contribution in [3.63, 3.8) is 0 Å². The highest BCUT2D eigenvalue weighted by Crippen LogP contribution is 2.41. The van der Waals surface area contributed by atoms with Crippen molar-refractivity contribution < 1.29 is 32.6 Å². The molecule has 0 aliphatic carbocycles. The van der Waals surface area contributed by atoms with Crippen molar-refractivity contribution in [3.05, 3.63) is 23.3 Å². The summed E-state index contributed by atoms with van der Waals surface area (Å²) in [6.07, 6.45) is 0. The highest BCUT2D eigenvalue weighted by Gasteiger charge is 2.33. The van der Waals surface area contributed by atoms with Crippen LogP contribution in [0.5, 0.6) is 11.5 Å². The van der Waals surface area contributed by atoms with Crippen LogP contribution in [0.2, 0.25) is 0 Å². The molecule has 0 amide bonds. The molecule has 0 radical (unpaired) electrons. The van der Waals surface area contributed by atoms with Gasteiger partial charge in [-0.1, -0.05) is 0 Å². The molecule has 0 bridgehead atoms. The number of ketones is 1. The van der Waals surface area contributed by atoms with E-state index in [4.69, 9.17) is 9.47 Å². The van der Waals surface area contributed by atoms with Gasteiger partial charge in [0.15, 0.2) is 11.5 Å². The van der Waals surface area contributed by atoms with E-state index in [0.29, 0.717) is 6.92 Å². The highest BCUT2D eigenvalue weighted by molar-refractivity contribution is 6.41. The van der Waals surface area contributed by atoms with Gasteiger partial charge in [-0.3, -0.25) is 4.79 Å². The molecule has 1 aromatic rings. The summed E-state index contributed by atoms with van der Waals surface area (Å²) in [5.41, 5.74) is -0.718. The van der Waals surface area contributed by atoms with Gasteiger partial charge in [-0.2, -0.15) is 0 Å². The molecule has 1 aliphatic heterocycles. The summed E-state index contributed by atoms with van der Waals surface area (Å²) in [5.74, 6) is -5.35. The maximum absolute atomic E-state index is 13.4. The molecule has 7 heteroatoms. The number of benzene rings is 1. The topological polar surface area (TPSA) is 61.8 Å². The van der Waals surface area contributed by atoms with Crippen molar-refractivity contribution in [2.45, 2.75) is 19.8 Å². The molecule has 5 nitrogen and oxygen atoms in total. The lowest BCUT2D eigenvalue weighted by Crippen LogP contribution is -2.19. The van der Waals surface area contributed by atoms with Gasteiger partial charge in [0.05, 0.1) is 12.2 Å². The summed E-state index contributed by atoms with van der Waals surface area (Å²) in [6.45, 7) is 2.03. The Kier molecular flexibility index (Phi) is 3.61. The van der Waals surface area contributed by atoms with Crippen LogP contribution in [0.4, 0.5) is 8.78 Å². The lowest BCUT2D eigenvalue weighted by Gasteiger charge is -2.13. The lowest BCUT2D eigenvalue weighted by molar-refractivity contribution is -0.137. The summed E-state index contributed by atoms with van der Waals surface area (Å²) in [7, 11) is 0. The van der Waals surface area contributed by atoms with Gasteiger partial charge in [0.25, 0.3) is 11.7 Å². The summed E-state index contributed by atoms with van der Waals surface area (Å²) >= 11 is 0. The maximum Gasteiger partial charge on any atom is 0.379 e. The third-order valence-electron chi connectivity index (χ3n) is 2.68. The third kappa shape index (κ3) is 2.56. The number of halogens is 2. The molecule has 0 spiro atoms. The molecule has 0 unspecified atom stereocenters. The van der Waals surface area contributed by atoms with Crippen LogP contribution in [0, 0.1) is 0 Å². The SMILES string of the molecule is CCOC(=O)C(=O)c1cc(C(C)(F)F)cc2c1OCO2. The van der Waals surface area contributed by atoms with Gasteiger partial charge in [0.1, 0.15) is 0 Å². The van der Waals surface area contributed by atoms with Crippen LogP contribution < -0.4 is 9.47 Å². The number of Topliss-reactive ketones (excluding diaryl/α,β-unsaturated/α-hetero) is 1. The van der Waals surface area contributed by atoms with Gasteiger partial charge < -0.3 is 14.2 Å². The van der Waals surface area contributed by atoms with Gasteiger partial charge in [0, 0.05) is 12.5 Å². The van der Waals surface area contributed by atoms with Gasteiger partial charge in [-0.15, -0.1) is 0 Å². The molecule has 108 valence electrons. The Hall–Kier alpha value is -2.18. The largest absolute Gasteiger partial charge is 0.460 e. The number of ether oxygens (including phenoxy) is 3. The Balaban J connectivity index is 2.49. The van der Waals surface area contributed by atoms with Crippen molar-refractivity contribution in [1.29, 1.82) is 0 Å². The zero-order valence-electron chi connectivity index (χ0n) is 10.9. The Labute approximate surface area is 113 Å². The fourth-order valence-corrected chi connectivity index (χ4v) is 1.74. The van der Waals surface area contributed by atoms with Gasteiger partial charge >= 0.3 is 5.97 Å². The predicted molar refractivity (Wildman–Crippen MR) is 63.1 cm³/mol. The van der Waals surface area contributed by atoms with Crippen LogP contribution in [0.25, 0.3) is 0 Å². The molecule has 0 N–H and O–H groups in total. The Morgan fingerprint density at radius 1 is 1.35 bits per heavy atom. The van der Waals surface area contributed by atoms with E-state index in [1.807, 2.05) is 0 Å². The molecule has 0 atom stereocenters. The number of esters is 1. The number of carbonyl (C=O) groups is 2. The molecule has 1 heterocycles. The van der Waals surface area contributed by atoms with Gasteiger partial charge in [-0.05, 0) is 19.1 Å². The first-order valence-electron chi connectivity index (χ1n) is 5.88. The van der Waals surface area contributed by atoms with Gasteiger partial charge in [-0.25, -0.2) is 13.6 Å². The molecular formula is C13H12F2O5. The number of fused-ring (bicyclic) bond motifs is 1. The van der Waals surface area contributed by atoms with E-state index in [2.05, 4.69) is 4.74 Å². The molecule has 0 saturated carbocycles. The number of rotatable bonds is 4. The molecule has 0 saturated heterocycles. The fraction of sp³-hybridized carbons (Fsp3) is 0.385. The first-order chi connectivity index (χ1) is 9.34. The minimum absolute atomic E-state index is 0.00769. The summed E-state index contributed by atoms with van der Waals surface area (Å²) in [5, 5.41) is 0. The molecular weight excluding hydrogens is 274 g/mol. The first kappa shape index (κ1) is 14.2. The maximum atomic E-state index is 13.4. The van der Waals surface area contributed by atoms with Crippen molar-refractivity contribution in [1.82, 2.24) is 0 Å². The molecule has 0 fully saturated rings. The Morgan fingerprint density at radius 2 is 2.05 bits per heavy atom. The molecule has 20 heavy (non-hydrogen) atoms. The second-order valence-corrected chi connectivity index (χ2v) is 4.20. The van der Waals surface area contributed by atoms with E-state index in [1.165, 1.54) is 6.92 Å². The van der Waals surface area contributed by atoms with Crippen LogP contribution in [0.1, 0.15) is 29.8 Å². The predicted octanol–water partition coefficient (Wildman–Crippen LogP) is 2.27. The van der Waals surface area contributed by atoms with Crippen LogP contribution in [-0.4, -0.2) is 25.2 Å². The number of hydrogen-bond acceptors (Lipinski definition) is 5. The van der Waals surface area contributed by atoms with E-state index in [-0.39, 0.29) is 30.5 Å². The normalized spacial score (nSPS) is 13.2. The van der Waals surface area contributed by atoms with E-state index in [1.54, 1.807) is 0 Å². The smallest absolute Gasteiger partial charge is 0.379 e. The zero-order chi connectivity index (χ0) is 14.9. The number of hydrogen-bond donors (Lipinski definition) is 0. The van der Waals surface area contributed by atoms with Crippen molar-refractivity contribution in [2.24, 2.45) is 0 Å². The minimum Gasteiger partial charge on any atom is -0.460 e. The van der Waals surface area contributed by atoms with E-state index >= 15 is 0 Å². The quantitative estimate of drug-likeness (QED) is 0.482. The Morgan fingerprint density at radius 3 is 2.65 bits per heavy atom. The average molecular weight is 286 g/mol. The van der Waals surface area contributed by atoms with E-state index < -0.39 is 23.2 Å². The average Bonchev–Trinajstić information content (AvgIpc) is 2.84.